The number of aliphatic hydroxyl groups is 1. The fraction of sp³-hybridized carbons (Fsp3) is 0.242. The molecule has 0 fully saturated rings. The van der Waals surface area contributed by atoms with Gasteiger partial charge >= 0.3 is 0 Å². The van der Waals surface area contributed by atoms with Crippen molar-refractivity contribution in [2.24, 2.45) is 5.73 Å². The van der Waals surface area contributed by atoms with Gasteiger partial charge in [0.05, 0.1) is 12.1 Å². The molecule has 9 heteroatoms. The van der Waals surface area contributed by atoms with Crippen LogP contribution in [-0.2, 0) is 13.2 Å². The molecule has 6 N–H and O–H groups in total. The van der Waals surface area contributed by atoms with Crippen LogP contribution in [0.15, 0.2) is 79.1 Å². The third-order valence-electron chi connectivity index (χ3n) is 7.27. The first-order valence-electron chi connectivity index (χ1n) is 14.2. The third kappa shape index (κ3) is 7.03. The van der Waals surface area contributed by atoms with Crippen molar-refractivity contribution < 1.29 is 9.90 Å². The monoisotopic (exact) mass is 582 g/mol. The summed E-state index contributed by atoms with van der Waals surface area (Å²) in [5.41, 5.74) is 10.5. The number of halogens is 1. The van der Waals surface area contributed by atoms with Crippen LogP contribution in [0, 0.1) is 0 Å². The van der Waals surface area contributed by atoms with Crippen LogP contribution in [0.5, 0.6) is 0 Å². The first-order chi connectivity index (χ1) is 20.5. The molecule has 0 saturated heterocycles. The Hall–Kier alpha value is -4.08. The molecular formula is C33H35ClN6O2. The lowest BCUT2D eigenvalue weighted by atomic mass is 9.99. The van der Waals surface area contributed by atoms with E-state index < -0.39 is 5.91 Å². The Balaban J connectivity index is 1.03. The highest BCUT2D eigenvalue weighted by molar-refractivity contribution is 6.33. The van der Waals surface area contributed by atoms with Crippen molar-refractivity contribution in [3.8, 4) is 11.1 Å². The number of aliphatic hydroxyl groups excluding tert-OH is 1. The number of fused-ring (bicyclic) bond motifs is 3. The Morgan fingerprint density at radius 1 is 0.857 bits per heavy atom. The normalized spacial score (nSPS) is 11.3. The topological polar surface area (TPSA) is 125 Å². The first kappa shape index (κ1) is 29.4. The lowest BCUT2D eigenvalue weighted by Crippen LogP contribution is -2.24. The summed E-state index contributed by atoms with van der Waals surface area (Å²) in [5, 5.41) is 23.6. The summed E-state index contributed by atoms with van der Waals surface area (Å²) >= 11 is 6.58. The van der Waals surface area contributed by atoms with Crippen molar-refractivity contribution >= 4 is 45.0 Å². The number of pyridine rings is 2. The van der Waals surface area contributed by atoms with Crippen LogP contribution in [0.3, 0.4) is 0 Å². The molecule has 0 radical (unpaired) electrons. The average molecular weight is 583 g/mol. The van der Waals surface area contributed by atoms with Gasteiger partial charge in [0.25, 0.3) is 0 Å². The quantitative estimate of drug-likeness (QED) is 0.0892. The van der Waals surface area contributed by atoms with E-state index >= 15 is 0 Å². The van der Waals surface area contributed by atoms with E-state index in [2.05, 4.69) is 27.0 Å². The number of benzene rings is 3. The highest BCUT2D eigenvalue weighted by atomic mass is 35.5. The zero-order chi connectivity index (χ0) is 29.3. The fourth-order valence-electron chi connectivity index (χ4n) is 5.07. The number of amides is 1. The minimum atomic E-state index is -0.473. The van der Waals surface area contributed by atoms with Crippen molar-refractivity contribution in [3.05, 3.63) is 101 Å². The molecule has 5 rings (SSSR count). The zero-order valence-corrected chi connectivity index (χ0v) is 24.1. The third-order valence-corrected chi connectivity index (χ3v) is 7.59. The molecule has 0 bridgehead atoms. The van der Waals surface area contributed by atoms with E-state index in [0.29, 0.717) is 22.6 Å². The summed E-state index contributed by atoms with van der Waals surface area (Å²) in [4.78, 5) is 20.7. The summed E-state index contributed by atoms with van der Waals surface area (Å²) in [6, 6.07) is 21.1. The molecule has 2 aromatic heterocycles. The molecule has 0 unspecified atom stereocenters. The van der Waals surface area contributed by atoms with Gasteiger partial charge in [0.2, 0.25) is 5.91 Å². The minimum absolute atomic E-state index is 0.0156. The highest BCUT2D eigenvalue weighted by Gasteiger charge is 2.11. The van der Waals surface area contributed by atoms with Crippen LogP contribution in [0.2, 0.25) is 5.02 Å². The molecule has 1 amide bonds. The van der Waals surface area contributed by atoms with Crippen LogP contribution in [-0.4, -0.2) is 47.2 Å². The maximum absolute atomic E-state index is 11.6. The van der Waals surface area contributed by atoms with Crippen LogP contribution >= 0.6 is 11.6 Å². The Labute approximate surface area is 250 Å². The van der Waals surface area contributed by atoms with Crippen molar-refractivity contribution in [2.75, 3.05) is 31.5 Å². The van der Waals surface area contributed by atoms with Crippen LogP contribution in [0.4, 0.5) is 5.82 Å². The number of hydrogen-bond acceptors (Lipinski definition) is 7. The molecule has 0 aliphatic rings. The second kappa shape index (κ2) is 14.2. The Kier molecular flexibility index (Phi) is 9.94. The van der Waals surface area contributed by atoms with E-state index in [1.807, 2.05) is 54.7 Å². The van der Waals surface area contributed by atoms with Crippen molar-refractivity contribution in [3.63, 3.8) is 0 Å². The SMILES string of the molecule is NC(=O)c1ccc2c(c1)nc(NCCNCCCCNCc1ccc(-c3ccccc3CO)c(Cl)c1)c1ccncc12. The van der Waals surface area contributed by atoms with E-state index in [1.54, 1.807) is 18.3 Å². The van der Waals surface area contributed by atoms with E-state index in [0.717, 1.165) is 83.3 Å². The van der Waals surface area contributed by atoms with Crippen molar-refractivity contribution in [2.45, 2.75) is 26.0 Å². The number of hydrogen-bond donors (Lipinski definition) is 5. The number of anilines is 1. The maximum Gasteiger partial charge on any atom is 0.248 e. The van der Waals surface area contributed by atoms with Crippen molar-refractivity contribution in [1.29, 1.82) is 0 Å². The van der Waals surface area contributed by atoms with Gasteiger partial charge in [-0.15, -0.1) is 0 Å². The van der Waals surface area contributed by atoms with Gasteiger partial charge in [-0.05, 0) is 66.9 Å². The van der Waals surface area contributed by atoms with Crippen LogP contribution in [0.25, 0.3) is 32.8 Å². The molecule has 0 aliphatic heterocycles. The number of nitrogens with zero attached hydrogens (tertiary/aromatic N) is 2. The summed E-state index contributed by atoms with van der Waals surface area (Å²) < 4.78 is 0. The molecule has 0 aliphatic carbocycles. The Morgan fingerprint density at radius 2 is 1.69 bits per heavy atom. The molecular weight excluding hydrogens is 548 g/mol. The van der Waals surface area contributed by atoms with Gasteiger partial charge in [-0.25, -0.2) is 4.98 Å². The molecule has 0 atom stereocenters. The lowest BCUT2D eigenvalue weighted by molar-refractivity contribution is 0.100. The van der Waals surface area contributed by atoms with E-state index in [9.17, 15) is 9.90 Å². The predicted molar refractivity (Wildman–Crippen MR) is 171 cm³/mol. The number of aromatic nitrogens is 2. The van der Waals surface area contributed by atoms with Crippen molar-refractivity contribution in [1.82, 2.24) is 20.6 Å². The number of carbonyl (C=O) groups excluding carboxylic acids is 1. The first-order valence-corrected chi connectivity index (χ1v) is 14.5. The number of nitrogens with one attached hydrogen (secondary N) is 3. The molecule has 216 valence electrons. The molecule has 8 nitrogen and oxygen atoms in total. The fourth-order valence-corrected chi connectivity index (χ4v) is 5.38. The lowest BCUT2D eigenvalue weighted by Gasteiger charge is -2.12. The van der Waals surface area contributed by atoms with Crippen LogP contribution in [0.1, 0.15) is 34.3 Å². The van der Waals surface area contributed by atoms with Gasteiger partial charge in [-0.1, -0.05) is 54.1 Å². The largest absolute Gasteiger partial charge is 0.392 e. The Bertz CT molecular complexity index is 1690. The number of nitrogens with two attached hydrogens (primary N) is 1. The van der Waals surface area contributed by atoms with Gasteiger partial charge < -0.3 is 26.8 Å². The molecule has 0 spiro atoms. The van der Waals surface area contributed by atoms with E-state index in [1.165, 1.54) is 0 Å². The van der Waals surface area contributed by atoms with E-state index in [4.69, 9.17) is 22.3 Å². The van der Waals surface area contributed by atoms with Gasteiger partial charge in [0, 0.05) is 64.3 Å². The summed E-state index contributed by atoms with van der Waals surface area (Å²) in [5.74, 6) is 0.289. The zero-order valence-electron chi connectivity index (χ0n) is 23.4. The second-order valence-electron chi connectivity index (χ2n) is 10.2. The molecule has 3 aromatic carbocycles. The number of rotatable bonds is 14. The van der Waals surface area contributed by atoms with Gasteiger partial charge in [-0.3, -0.25) is 9.78 Å². The Morgan fingerprint density at radius 3 is 2.50 bits per heavy atom. The standard InChI is InChI=1S/C33H35ClN6O2/c34-30-17-22(7-9-26(30)25-6-2-1-5-24(25)21-41)19-37-13-4-3-12-36-15-16-39-33-28-11-14-38-20-29(28)27-10-8-23(32(35)42)18-31(27)40-33/h1-2,5-11,14,17-18,20,36-37,41H,3-4,12-13,15-16,19,21H2,(H2,35,42)(H,39,40). The minimum Gasteiger partial charge on any atom is -0.392 e. The van der Waals surface area contributed by atoms with Gasteiger partial charge in [0.15, 0.2) is 0 Å². The predicted octanol–water partition coefficient (Wildman–Crippen LogP) is 5.27. The maximum atomic E-state index is 11.6. The van der Waals surface area contributed by atoms with E-state index in [-0.39, 0.29) is 6.61 Å². The summed E-state index contributed by atoms with van der Waals surface area (Å²) in [7, 11) is 0. The average Bonchev–Trinajstić information content (AvgIpc) is 3.01. The highest BCUT2D eigenvalue weighted by Crippen LogP contribution is 2.32. The summed E-state index contributed by atoms with van der Waals surface area (Å²) in [6.45, 7) is 4.09. The molecule has 0 saturated carbocycles. The van der Waals surface area contributed by atoms with Gasteiger partial charge in [-0.2, -0.15) is 0 Å². The number of carbonyl (C=O) groups is 1. The smallest absolute Gasteiger partial charge is 0.248 e. The molecule has 5 aromatic rings. The van der Waals surface area contributed by atoms with Crippen LogP contribution < -0.4 is 21.7 Å². The molecule has 42 heavy (non-hydrogen) atoms. The number of unbranched alkanes of at least 4 members (excludes halogenated alkanes) is 1. The summed E-state index contributed by atoms with van der Waals surface area (Å²) in [6.07, 6.45) is 5.70. The molecule has 2 heterocycles. The number of primary amides is 1. The van der Waals surface area contributed by atoms with Gasteiger partial charge in [0.1, 0.15) is 5.82 Å². The second-order valence-corrected chi connectivity index (χ2v) is 10.6.